The van der Waals surface area contributed by atoms with E-state index in [2.05, 4.69) is 15.6 Å². The Balaban J connectivity index is 1.56. The lowest BCUT2D eigenvalue weighted by atomic mass is 9.85. The summed E-state index contributed by atoms with van der Waals surface area (Å²) in [5, 5.41) is 16.5. The van der Waals surface area contributed by atoms with E-state index in [1.807, 2.05) is 64.4 Å². The molecule has 0 saturated carbocycles. The third-order valence-corrected chi connectivity index (χ3v) is 9.40. The molecule has 0 unspecified atom stereocenters. The molecule has 44 heavy (non-hydrogen) atoms. The number of hydrogen-bond donors (Lipinski definition) is 4. The van der Waals surface area contributed by atoms with E-state index in [9.17, 15) is 19.5 Å². The molecule has 4 atom stereocenters. The van der Waals surface area contributed by atoms with E-state index >= 15 is 0 Å². The highest BCUT2D eigenvalue weighted by Gasteiger charge is 2.44. The van der Waals surface area contributed by atoms with Gasteiger partial charge < -0.3 is 26.4 Å². The fourth-order valence-electron chi connectivity index (χ4n) is 5.74. The normalized spacial score (nSPS) is 18.2. The number of unbranched alkanes of at least 4 members (excludes halogenated alkanes) is 7. The summed E-state index contributed by atoms with van der Waals surface area (Å²) < 4.78 is 0. The van der Waals surface area contributed by atoms with Crippen LogP contribution in [0.3, 0.4) is 0 Å². The Morgan fingerprint density at radius 1 is 1.02 bits per heavy atom. The molecule has 0 bridgehead atoms. The van der Waals surface area contributed by atoms with Gasteiger partial charge in [-0.05, 0) is 49.8 Å². The van der Waals surface area contributed by atoms with Gasteiger partial charge >= 0.3 is 0 Å². The number of nitrogens with zero attached hydrogens (tertiary/aromatic N) is 2. The molecular weight excluding hydrogens is 574 g/mol. The first kappa shape index (κ1) is 35.7. The van der Waals surface area contributed by atoms with Gasteiger partial charge in [-0.15, -0.1) is 11.3 Å². The molecule has 0 radical (unpaired) electrons. The molecule has 2 aromatic rings. The van der Waals surface area contributed by atoms with Crippen LogP contribution in [0.2, 0.25) is 0 Å². The molecule has 9 nitrogen and oxygen atoms in total. The number of hydrogen-bond acceptors (Lipinski definition) is 7. The first-order valence-corrected chi connectivity index (χ1v) is 17.1. The summed E-state index contributed by atoms with van der Waals surface area (Å²) in [6.45, 7) is 10.4. The Morgan fingerprint density at radius 3 is 2.20 bits per heavy atom. The number of aromatic nitrogens is 1. The van der Waals surface area contributed by atoms with Crippen LogP contribution in [0.5, 0.6) is 0 Å². The van der Waals surface area contributed by atoms with Gasteiger partial charge in [0.25, 0.3) is 0 Å². The maximum atomic E-state index is 13.9. The third kappa shape index (κ3) is 10.4. The molecule has 0 spiro atoms. The number of carbonyl (C=O) groups is 3. The van der Waals surface area contributed by atoms with Gasteiger partial charge in [-0.25, -0.2) is 4.98 Å². The van der Waals surface area contributed by atoms with E-state index in [0.717, 1.165) is 60.3 Å². The number of nitrogens with two attached hydrogens (primary N) is 1. The fraction of sp³-hybridized carbons (Fsp3) is 0.647. The summed E-state index contributed by atoms with van der Waals surface area (Å²) in [5.74, 6) is -0.809. The molecule has 1 aliphatic heterocycles. The van der Waals surface area contributed by atoms with Crippen molar-refractivity contribution in [3.8, 4) is 10.4 Å². The van der Waals surface area contributed by atoms with Crippen molar-refractivity contribution in [3.63, 3.8) is 0 Å². The van der Waals surface area contributed by atoms with Gasteiger partial charge in [-0.2, -0.15) is 0 Å². The highest BCUT2D eigenvalue weighted by Crippen LogP contribution is 2.29. The van der Waals surface area contributed by atoms with Gasteiger partial charge in [0.05, 0.1) is 28.2 Å². The number of rotatable bonds is 16. The van der Waals surface area contributed by atoms with Crippen LogP contribution in [0.25, 0.3) is 10.4 Å². The fourth-order valence-corrected chi connectivity index (χ4v) is 6.55. The summed E-state index contributed by atoms with van der Waals surface area (Å²) in [7, 11) is 0. The Labute approximate surface area is 267 Å². The second-order valence-corrected chi connectivity index (χ2v) is 14.1. The van der Waals surface area contributed by atoms with Crippen LogP contribution in [-0.4, -0.2) is 64.0 Å². The maximum Gasteiger partial charge on any atom is 0.246 e. The maximum absolute atomic E-state index is 13.9. The van der Waals surface area contributed by atoms with E-state index in [-0.39, 0.29) is 36.7 Å². The average molecular weight is 628 g/mol. The highest BCUT2D eigenvalue weighted by molar-refractivity contribution is 7.13. The highest BCUT2D eigenvalue weighted by atomic mass is 32.1. The monoisotopic (exact) mass is 627 g/mol. The van der Waals surface area contributed by atoms with Crippen molar-refractivity contribution in [2.75, 3.05) is 13.1 Å². The van der Waals surface area contributed by atoms with Gasteiger partial charge in [-0.3, -0.25) is 14.4 Å². The van der Waals surface area contributed by atoms with Crippen LogP contribution in [0.4, 0.5) is 0 Å². The number of aliphatic hydroxyl groups excluding tert-OH is 1. The van der Waals surface area contributed by atoms with Crippen LogP contribution < -0.4 is 16.4 Å². The topological polar surface area (TPSA) is 138 Å². The van der Waals surface area contributed by atoms with Crippen LogP contribution in [0, 0.1) is 12.3 Å². The summed E-state index contributed by atoms with van der Waals surface area (Å²) in [4.78, 5) is 47.1. The van der Waals surface area contributed by atoms with Crippen LogP contribution in [0.1, 0.15) is 109 Å². The average Bonchev–Trinajstić information content (AvgIpc) is 3.59. The second kappa shape index (κ2) is 17.0. The summed E-state index contributed by atoms with van der Waals surface area (Å²) in [6, 6.07) is 6.10. The molecule has 0 aliphatic carbocycles. The number of nitrogens with one attached hydrogen (secondary N) is 2. The van der Waals surface area contributed by atoms with Crippen LogP contribution >= 0.6 is 11.3 Å². The van der Waals surface area contributed by atoms with Gasteiger partial charge in [0, 0.05) is 19.4 Å². The molecule has 3 amide bonds. The number of aliphatic hydroxyl groups is 1. The lowest BCUT2D eigenvalue weighted by Gasteiger charge is -2.35. The molecular formula is C34H53N5O4S. The molecule has 2 heterocycles. The summed E-state index contributed by atoms with van der Waals surface area (Å²) >= 11 is 1.59. The van der Waals surface area contributed by atoms with Crippen molar-refractivity contribution >= 4 is 29.1 Å². The minimum absolute atomic E-state index is 0.0575. The van der Waals surface area contributed by atoms with Crippen molar-refractivity contribution in [1.29, 1.82) is 0 Å². The standard InChI is InChI=1S/C34H53N5O4S/c1-23(25-15-17-26(18-16-25)30-24(2)36-22-44-30)37-32(42)28-20-27(40)21-39(28)33(43)31(34(3,4)5)38-29(41)14-12-10-8-6-7-9-11-13-19-35/h15-18,22-23,27-28,31,40H,6-14,19-21,35H2,1-5H3,(H,37,42)(H,38,41)/t23-,27+,28-,31+/m0/s1. The molecule has 1 fully saturated rings. The van der Waals surface area contributed by atoms with Crippen molar-refractivity contribution in [3.05, 3.63) is 41.0 Å². The number of amides is 3. The van der Waals surface area contributed by atoms with E-state index < -0.39 is 23.6 Å². The molecule has 1 aliphatic rings. The lowest BCUT2D eigenvalue weighted by molar-refractivity contribution is -0.144. The number of benzene rings is 1. The van der Waals surface area contributed by atoms with Crippen molar-refractivity contribution < 1.29 is 19.5 Å². The Morgan fingerprint density at radius 2 is 1.64 bits per heavy atom. The predicted octanol–water partition coefficient (Wildman–Crippen LogP) is 5.26. The molecule has 3 rings (SSSR count). The quantitative estimate of drug-likeness (QED) is 0.188. The van der Waals surface area contributed by atoms with E-state index in [4.69, 9.17) is 5.73 Å². The predicted molar refractivity (Wildman–Crippen MR) is 177 cm³/mol. The Bertz CT molecular complexity index is 1210. The largest absolute Gasteiger partial charge is 0.391 e. The summed E-state index contributed by atoms with van der Waals surface area (Å²) in [5.41, 5.74) is 9.80. The van der Waals surface area contributed by atoms with Crippen LogP contribution in [0.15, 0.2) is 29.8 Å². The number of likely N-dealkylation sites (tertiary alicyclic amines) is 1. The van der Waals surface area contributed by atoms with E-state index in [0.29, 0.717) is 6.42 Å². The van der Waals surface area contributed by atoms with E-state index in [1.54, 1.807) is 11.3 Å². The molecule has 1 saturated heterocycles. The van der Waals surface area contributed by atoms with Gasteiger partial charge in [-0.1, -0.05) is 83.6 Å². The van der Waals surface area contributed by atoms with Gasteiger partial charge in [0.15, 0.2) is 0 Å². The Kier molecular flexibility index (Phi) is 13.8. The summed E-state index contributed by atoms with van der Waals surface area (Å²) in [6.07, 6.45) is 8.37. The molecule has 1 aromatic heterocycles. The molecule has 244 valence electrons. The third-order valence-electron chi connectivity index (χ3n) is 8.42. The van der Waals surface area contributed by atoms with Gasteiger partial charge in [0.1, 0.15) is 12.1 Å². The smallest absolute Gasteiger partial charge is 0.246 e. The second-order valence-electron chi connectivity index (χ2n) is 13.2. The van der Waals surface area contributed by atoms with Crippen LogP contribution in [-0.2, 0) is 14.4 Å². The molecule has 10 heteroatoms. The lowest BCUT2D eigenvalue weighted by Crippen LogP contribution is -2.57. The van der Waals surface area contributed by atoms with E-state index in [1.165, 1.54) is 24.2 Å². The van der Waals surface area contributed by atoms with Gasteiger partial charge in [0.2, 0.25) is 17.7 Å². The Hall–Kier alpha value is -2.82. The number of β-amino-alcohol motifs (C(OH)–C–C–N with tert-alkyl or cyclic N) is 1. The molecule has 1 aromatic carbocycles. The minimum Gasteiger partial charge on any atom is -0.391 e. The van der Waals surface area contributed by atoms with Crippen molar-refractivity contribution in [1.82, 2.24) is 20.5 Å². The first-order valence-electron chi connectivity index (χ1n) is 16.2. The number of thiazole rings is 1. The number of aryl methyl sites for hydroxylation is 1. The minimum atomic E-state index is -0.814. The van der Waals surface area contributed by atoms with Crippen molar-refractivity contribution in [2.24, 2.45) is 11.1 Å². The number of carbonyl (C=O) groups excluding carboxylic acids is 3. The first-order chi connectivity index (χ1) is 20.9. The van der Waals surface area contributed by atoms with Crippen molar-refractivity contribution in [2.45, 2.75) is 123 Å². The zero-order valence-corrected chi connectivity index (χ0v) is 28.0. The zero-order valence-electron chi connectivity index (χ0n) is 27.2. The SMILES string of the molecule is Cc1ncsc1-c1ccc([C@H](C)NC(=O)[C@@H]2C[C@@H](O)CN2C(=O)[C@@H](NC(=O)CCCCCCCCCCN)C(C)(C)C)cc1. The zero-order chi connectivity index (χ0) is 32.3. The molecule has 5 N–H and O–H groups in total.